The SMILES string of the molecule is NC(=O)C1COCCN1C1CCCC1N. The van der Waals surface area contributed by atoms with E-state index in [4.69, 9.17) is 16.2 Å². The molecule has 0 spiro atoms. The summed E-state index contributed by atoms with van der Waals surface area (Å²) in [5.74, 6) is -0.297. The van der Waals surface area contributed by atoms with Crippen molar-refractivity contribution in [1.82, 2.24) is 4.90 Å². The number of hydrogen-bond acceptors (Lipinski definition) is 4. The van der Waals surface area contributed by atoms with Crippen LogP contribution in [-0.2, 0) is 9.53 Å². The molecule has 1 aliphatic carbocycles. The Hall–Kier alpha value is -0.650. The molecular formula is C10H19N3O2. The van der Waals surface area contributed by atoms with E-state index in [-0.39, 0.29) is 18.0 Å². The average molecular weight is 213 g/mol. The second kappa shape index (κ2) is 4.47. The molecule has 4 N–H and O–H groups in total. The molecule has 2 fully saturated rings. The van der Waals surface area contributed by atoms with Crippen molar-refractivity contribution in [2.75, 3.05) is 19.8 Å². The highest BCUT2D eigenvalue weighted by Gasteiger charge is 2.37. The lowest BCUT2D eigenvalue weighted by Crippen LogP contribution is -2.59. The average Bonchev–Trinajstić information content (AvgIpc) is 2.64. The Labute approximate surface area is 89.7 Å². The van der Waals surface area contributed by atoms with Crippen LogP contribution in [-0.4, -0.2) is 48.7 Å². The van der Waals surface area contributed by atoms with E-state index >= 15 is 0 Å². The lowest BCUT2D eigenvalue weighted by Gasteiger charge is -2.39. The van der Waals surface area contributed by atoms with Crippen LogP contribution < -0.4 is 11.5 Å². The number of hydrogen-bond donors (Lipinski definition) is 2. The molecule has 0 aromatic carbocycles. The van der Waals surface area contributed by atoms with Crippen LogP contribution in [0.1, 0.15) is 19.3 Å². The van der Waals surface area contributed by atoms with E-state index in [2.05, 4.69) is 4.90 Å². The minimum Gasteiger partial charge on any atom is -0.378 e. The van der Waals surface area contributed by atoms with Crippen LogP contribution in [0.15, 0.2) is 0 Å². The van der Waals surface area contributed by atoms with Crippen LogP contribution in [0.5, 0.6) is 0 Å². The third-order valence-electron chi connectivity index (χ3n) is 3.46. The monoisotopic (exact) mass is 213 g/mol. The second-order valence-electron chi connectivity index (χ2n) is 4.39. The van der Waals surface area contributed by atoms with Crippen LogP contribution in [0, 0.1) is 0 Å². The first-order chi connectivity index (χ1) is 7.20. The summed E-state index contributed by atoms with van der Waals surface area (Å²) in [5.41, 5.74) is 11.4. The number of amides is 1. The minimum absolute atomic E-state index is 0.185. The molecule has 1 aliphatic heterocycles. The summed E-state index contributed by atoms with van der Waals surface area (Å²) in [4.78, 5) is 13.4. The van der Waals surface area contributed by atoms with E-state index in [1.54, 1.807) is 0 Å². The fourth-order valence-corrected chi connectivity index (χ4v) is 2.64. The van der Waals surface area contributed by atoms with Crippen molar-refractivity contribution in [2.24, 2.45) is 11.5 Å². The Bertz CT molecular complexity index is 247. The van der Waals surface area contributed by atoms with Gasteiger partial charge in [-0.05, 0) is 12.8 Å². The molecule has 2 aliphatic rings. The Kier molecular flexibility index (Phi) is 3.23. The number of carbonyl (C=O) groups excluding carboxylic acids is 1. The summed E-state index contributed by atoms with van der Waals surface area (Å²) < 4.78 is 5.29. The van der Waals surface area contributed by atoms with Crippen molar-refractivity contribution in [3.63, 3.8) is 0 Å². The van der Waals surface area contributed by atoms with Gasteiger partial charge < -0.3 is 16.2 Å². The molecule has 1 heterocycles. The van der Waals surface area contributed by atoms with Gasteiger partial charge in [-0.15, -0.1) is 0 Å². The van der Waals surface area contributed by atoms with Gasteiger partial charge in [0.05, 0.1) is 13.2 Å². The van der Waals surface area contributed by atoms with Gasteiger partial charge in [-0.2, -0.15) is 0 Å². The number of primary amides is 1. The molecule has 1 saturated carbocycles. The number of nitrogens with zero attached hydrogens (tertiary/aromatic N) is 1. The van der Waals surface area contributed by atoms with E-state index in [0.29, 0.717) is 19.3 Å². The van der Waals surface area contributed by atoms with Crippen molar-refractivity contribution in [3.05, 3.63) is 0 Å². The highest BCUT2D eigenvalue weighted by Crippen LogP contribution is 2.25. The highest BCUT2D eigenvalue weighted by molar-refractivity contribution is 5.80. The van der Waals surface area contributed by atoms with Crippen molar-refractivity contribution in [3.8, 4) is 0 Å². The van der Waals surface area contributed by atoms with Crippen molar-refractivity contribution in [2.45, 2.75) is 37.4 Å². The van der Waals surface area contributed by atoms with Crippen LogP contribution >= 0.6 is 0 Å². The Morgan fingerprint density at radius 3 is 2.80 bits per heavy atom. The first-order valence-electron chi connectivity index (χ1n) is 5.58. The van der Waals surface area contributed by atoms with Gasteiger partial charge in [-0.25, -0.2) is 0 Å². The standard InChI is InChI=1S/C10H19N3O2/c11-7-2-1-3-8(7)13-4-5-15-6-9(13)10(12)14/h7-9H,1-6,11H2,(H2,12,14). The van der Waals surface area contributed by atoms with Crippen LogP contribution in [0.2, 0.25) is 0 Å². The van der Waals surface area contributed by atoms with Gasteiger partial charge in [-0.3, -0.25) is 9.69 Å². The molecule has 2 rings (SSSR count). The topological polar surface area (TPSA) is 81.6 Å². The van der Waals surface area contributed by atoms with Gasteiger partial charge in [0.15, 0.2) is 0 Å². The largest absolute Gasteiger partial charge is 0.378 e. The number of nitrogens with two attached hydrogens (primary N) is 2. The molecule has 0 bridgehead atoms. The highest BCUT2D eigenvalue weighted by atomic mass is 16.5. The number of ether oxygens (including phenoxy) is 1. The zero-order chi connectivity index (χ0) is 10.8. The van der Waals surface area contributed by atoms with Crippen molar-refractivity contribution >= 4 is 5.91 Å². The van der Waals surface area contributed by atoms with Crippen molar-refractivity contribution in [1.29, 1.82) is 0 Å². The van der Waals surface area contributed by atoms with Gasteiger partial charge >= 0.3 is 0 Å². The molecule has 15 heavy (non-hydrogen) atoms. The molecular weight excluding hydrogens is 194 g/mol. The maximum atomic E-state index is 11.3. The van der Waals surface area contributed by atoms with Gasteiger partial charge in [0, 0.05) is 18.6 Å². The third-order valence-corrected chi connectivity index (χ3v) is 3.46. The van der Waals surface area contributed by atoms with Gasteiger partial charge in [0.25, 0.3) is 0 Å². The normalized spacial score (nSPS) is 38.1. The van der Waals surface area contributed by atoms with Gasteiger partial charge in [0.2, 0.25) is 5.91 Å². The number of morpholine rings is 1. The molecule has 5 heteroatoms. The van der Waals surface area contributed by atoms with E-state index in [0.717, 1.165) is 25.8 Å². The van der Waals surface area contributed by atoms with Crippen molar-refractivity contribution < 1.29 is 9.53 Å². The Balaban J connectivity index is 2.06. The molecule has 0 aromatic heterocycles. The molecule has 3 unspecified atom stereocenters. The zero-order valence-corrected chi connectivity index (χ0v) is 8.89. The molecule has 86 valence electrons. The fraction of sp³-hybridized carbons (Fsp3) is 0.900. The molecule has 0 aromatic rings. The Morgan fingerprint density at radius 1 is 1.40 bits per heavy atom. The molecule has 1 amide bonds. The summed E-state index contributed by atoms with van der Waals surface area (Å²) in [6, 6.07) is 0.212. The predicted octanol–water partition coefficient (Wildman–Crippen LogP) is -0.948. The van der Waals surface area contributed by atoms with Crippen LogP contribution in [0.3, 0.4) is 0 Å². The first-order valence-corrected chi connectivity index (χ1v) is 5.58. The number of rotatable bonds is 2. The Morgan fingerprint density at radius 2 is 2.20 bits per heavy atom. The molecule has 1 saturated heterocycles. The van der Waals surface area contributed by atoms with Gasteiger partial charge in [-0.1, -0.05) is 6.42 Å². The molecule has 3 atom stereocenters. The maximum Gasteiger partial charge on any atom is 0.237 e. The lowest BCUT2D eigenvalue weighted by atomic mass is 10.1. The smallest absolute Gasteiger partial charge is 0.237 e. The molecule has 5 nitrogen and oxygen atoms in total. The van der Waals surface area contributed by atoms with E-state index in [1.807, 2.05) is 0 Å². The zero-order valence-electron chi connectivity index (χ0n) is 8.89. The summed E-state index contributed by atoms with van der Waals surface area (Å²) in [6.45, 7) is 1.86. The van der Waals surface area contributed by atoms with E-state index in [9.17, 15) is 4.79 Å². The maximum absolute atomic E-state index is 11.3. The van der Waals surface area contributed by atoms with Crippen LogP contribution in [0.4, 0.5) is 0 Å². The quantitative estimate of drug-likeness (QED) is 0.620. The van der Waals surface area contributed by atoms with E-state index in [1.165, 1.54) is 0 Å². The van der Waals surface area contributed by atoms with E-state index < -0.39 is 0 Å². The fourth-order valence-electron chi connectivity index (χ4n) is 2.64. The second-order valence-corrected chi connectivity index (χ2v) is 4.39. The minimum atomic E-state index is -0.297. The summed E-state index contributed by atoms with van der Waals surface area (Å²) in [6.07, 6.45) is 3.27. The lowest BCUT2D eigenvalue weighted by molar-refractivity contribution is -0.131. The van der Waals surface area contributed by atoms with Gasteiger partial charge in [0.1, 0.15) is 6.04 Å². The first kappa shape index (κ1) is 10.9. The summed E-state index contributed by atoms with van der Waals surface area (Å²) in [7, 11) is 0. The third kappa shape index (κ3) is 2.14. The summed E-state index contributed by atoms with van der Waals surface area (Å²) in [5, 5.41) is 0. The summed E-state index contributed by atoms with van der Waals surface area (Å²) >= 11 is 0. The molecule has 0 radical (unpaired) electrons. The predicted molar refractivity (Wildman–Crippen MR) is 56.1 cm³/mol. The van der Waals surface area contributed by atoms with Crippen LogP contribution in [0.25, 0.3) is 0 Å². The number of carbonyl (C=O) groups is 1.